The molecule has 0 radical (unpaired) electrons. The Morgan fingerprint density at radius 2 is 2.00 bits per heavy atom. The molecular formula is C10H13N4O9P. The Balaban J connectivity index is 1.92. The quantitative estimate of drug-likeness (QED) is 0.307. The van der Waals surface area contributed by atoms with Crippen LogP contribution >= 0.6 is 7.82 Å². The van der Waals surface area contributed by atoms with Crippen LogP contribution in [0.15, 0.2) is 15.9 Å². The van der Waals surface area contributed by atoms with E-state index >= 15 is 0 Å². The third-order valence-corrected chi connectivity index (χ3v) is 3.97. The SMILES string of the molecule is O=c1[nH]c(=O)c2ncn([C@@H]3O[C@H](COP(=O)(O)O)C(O)C3O)c2[nH]1. The van der Waals surface area contributed by atoms with Gasteiger partial charge in [0.25, 0.3) is 5.56 Å². The molecule has 3 rings (SSSR count). The van der Waals surface area contributed by atoms with Gasteiger partial charge in [-0.2, -0.15) is 0 Å². The Kier molecular flexibility index (Phi) is 4.17. The van der Waals surface area contributed by atoms with Gasteiger partial charge >= 0.3 is 13.5 Å². The van der Waals surface area contributed by atoms with E-state index in [-0.39, 0.29) is 11.2 Å². The molecule has 1 aliphatic rings. The highest BCUT2D eigenvalue weighted by atomic mass is 31.2. The molecule has 0 bridgehead atoms. The Hall–Kier alpha value is -1.86. The fourth-order valence-corrected chi connectivity index (χ4v) is 2.75. The van der Waals surface area contributed by atoms with Crippen LogP contribution in [0.25, 0.3) is 11.2 Å². The number of H-pyrrole nitrogens is 2. The van der Waals surface area contributed by atoms with Gasteiger partial charge in [0.2, 0.25) is 0 Å². The van der Waals surface area contributed by atoms with Crippen molar-refractivity contribution in [3.63, 3.8) is 0 Å². The monoisotopic (exact) mass is 364 g/mol. The molecule has 3 heterocycles. The summed E-state index contributed by atoms with van der Waals surface area (Å²) in [6, 6.07) is 0. The maximum absolute atomic E-state index is 11.6. The highest BCUT2D eigenvalue weighted by molar-refractivity contribution is 7.46. The number of phosphoric ester groups is 1. The third-order valence-electron chi connectivity index (χ3n) is 3.49. The van der Waals surface area contributed by atoms with E-state index in [2.05, 4.69) is 14.5 Å². The first-order chi connectivity index (χ1) is 11.2. The fraction of sp³-hybridized carbons (Fsp3) is 0.500. The maximum Gasteiger partial charge on any atom is 0.469 e. The number of nitrogens with zero attached hydrogens (tertiary/aromatic N) is 2. The lowest BCUT2D eigenvalue weighted by Gasteiger charge is -2.16. The van der Waals surface area contributed by atoms with Crippen LogP contribution in [0.4, 0.5) is 0 Å². The number of aromatic amines is 2. The average molecular weight is 364 g/mol. The van der Waals surface area contributed by atoms with Crippen LogP contribution in [-0.2, 0) is 13.8 Å². The van der Waals surface area contributed by atoms with Crippen molar-refractivity contribution in [2.75, 3.05) is 6.61 Å². The molecule has 2 aromatic rings. The maximum atomic E-state index is 11.6. The number of aliphatic hydroxyl groups is 2. The topological polar surface area (TPSA) is 200 Å². The van der Waals surface area contributed by atoms with Crippen molar-refractivity contribution < 1.29 is 33.8 Å². The van der Waals surface area contributed by atoms with Crippen molar-refractivity contribution in [1.29, 1.82) is 0 Å². The van der Waals surface area contributed by atoms with E-state index in [1.54, 1.807) is 0 Å². The largest absolute Gasteiger partial charge is 0.469 e. The number of nitrogens with one attached hydrogen (secondary N) is 2. The Bertz CT molecular complexity index is 913. The molecule has 1 saturated heterocycles. The minimum Gasteiger partial charge on any atom is -0.387 e. The molecule has 2 aromatic heterocycles. The predicted molar refractivity (Wildman–Crippen MR) is 74.9 cm³/mol. The first kappa shape index (κ1) is 17.0. The lowest BCUT2D eigenvalue weighted by atomic mass is 10.1. The fourth-order valence-electron chi connectivity index (χ4n) is 2.41. The molecule has 1 aliphatic heterocycles. The van der Waals surface area contributed by atoms with Crippen LogP contribution in [-0.4, -0.2) is 64.4 Å². The summed E-state index contributed by atoms with van der Waals surface area (Å²) >= 11 is 0. The number of aromatic nitrogens is 4. The zero-order valence-electron chi connectivity index (χ0n) is 11.8. The number of rotatable bonds is 4. The molecule has 132 valence electrons. The molecule has 2 unspecified atom stereocenters. The highest BCUT2D eigenvalue weighted by Crippen LogP contribution is 2.38. The molecular weight excluding hydrogens is 351 g/mol. The third kappa shape index (κ3) is 3.06. The van der Waals surface area contributed by atoms with Gasteiger partial charge in [-0.25, -0.2) is 14.3 Å². The second-order valence-corrected chi connectivity index (χ2v) is 6.33. The van der Waals surface area contributed by atoms with Gasteiger partial charge in [0.1, 0.15) is 24.0 Å². The van der Waals surface area contributed by atoms with Crippen LogP contribution in [0.3, 0.4) is 0 Å². The standard InChI is InChI=1S/C10H13N4O9P/c15-5-3(1-22-24(19,20)21)23-9(6(5)16)14-2-11-4-7(14)12-10(18)13-8(4)17/h2-3,5-6,9,15-16H,1H2,(H2,19,20,21)(H2,12,13,17,18)/t3-,5?,6?,9-/m1/s1. The summed E-state index contributed by atoms with van der Waals surface area (Å²) in [4.78, 5) is 48.5. The number of phosphoric acid groups is 1. The lowest BCUT2D eigenvalue weighted by molar-refractivity contribution is -0.0504. The van der Waals surface area contributed by atoms with Crippen LogP contribution in [0.5, 0.6) is 0 Å². The molecule has 0 spiro atoms. The van der Waals surface area contributed by atoms with Gasteiger partial charge in [0.15, 0.2) is 11.7 Å². The van der Waals surface area contributed by atoms with Crippen molar-refractivity contribution >= 4 is 19.0 Å². The molecule has 0 aromatic carbocycles. The number of hydrogen-bond acceptors (Lipinski definition) is 8. The van der Waals surface area contributed by atoms with Gasteiger partial charge in [0.05, 0.1) is 12.9 Å². The summed E-state index contributed by atoms with van der Waals surface area (Å²) in [6.45, 7) is -0.678. The van der Waals surface area contributed by atoms with Crippen LogP contribution in [0.2, 0.25) is 0 Å². The van der Waals surface area contributed by atoms with Gasteiger partial charge < -0.3 is 24.7 Å². The highest BCUT2D eigenvalue weighted by Gasteiger charge is 2.45. The number of ether oxygens (including phenoxy) is 1. The first-order valence-corrected chi connectivity index (χ1v) is 8.11. The summed E-state index contributed by atoms with van der Waals surface area (Å²) in [5.74, 6) is 0. The summed E-state index contributed by atoms with van der Waals surface area (Å²) < 4.78 is 21.4. The zero-order valence-corrected chi connectivity index (χ0v) is 12.7. The molecule has 0 saturated carbocycles. The van der Waals surface area contributed by atoms with Crippen molar-refractivity contribution in [3.8, 4) is 0 Å². The van der Waals surface area contributed by atoms with Crippen LogP contribution in [0, 0.1) is 0 Å². The second kappa shape index (κ2) is 5.89. The van der Waals surface area contributed by atoms with E-state index < -0.39 is 50.2 Å². The normalized spacial score (nSPS) is 27.8. The van der Waals surface area contributed by atoms with E-state index in [9.17, 15) is 24.4 Å². The molecule has 13 nitrogen and oxygen atoms in total. The van der Waals surface area contributed by atoms with Gasteiger partial charge in [-0.15, -0.1) is 0 Å². The lowest BCUT2D eigenvalue weighted by Crippen LogP contribution is -2.33. The van der Waals surface area contributed by atoms with Crippen molar-refractivity contribution in [3.05, 3.63) is 27.2 Å². The summed E-state index contributed by atoms with van der Waals surface area (Å²) in [6.07, 6.45) is -4.43. The minimum atomic E-state index is -4.78. The van der Waals surface area contributed by atoms with Crippen molar-refractivity contribution in [2.45, 2.75) is 24.5 Å². The molecule has 14 heteroatoms. The number of aliphatic hydroxyl groups excluding tert-OH is 2. The van der Waals surface area contributed by atoms with Gasteiger partial charge in [-0.1, -0.05) is 0 Å². The number of imidazole rings is 1. The first-order valence-electron chi connectivity index (χ1n) is 6.58. The van der Waals surface area contributed by atoms with Gasteiger partial charge in [-0.3, -0.25) is 23.9 Å². The molecule has 24 heavy (non-hydrogen) atoms. The number of hydrogen-bond donors (Lipinski definition) is 6. The molecule has 0 aliphatic carbocycles. The Labute approximate surface area is 131 Å². The van der Waals surface area contributed by atoms with E-state index in [0.717, 1.165) is 10.9 Å². The van der Waals surface area contributed by atoms with Crippen LogP contribution < -0.4 is 11.2 Å². The Morgan fingerprint density at radius 3 is 2.67 bits per heavy atom. The predicted octanol–water partition coefficient (Wildman–Crippen LogP) is -2.86. The molecule has 1 fully saturated rings. The van der Waals surface area contributed by atoms with E-state index in [1.165, 1.54) is 0 Å². The smallest absolute Gasteiger partial charge is 0.387 e. The molecule has 4 atom stereocenters. The molecule has 6 N–H and O–H groups in total. The van der Waals surface area contributed by atoms with Gasteiger partial charge in [0, 0.05) is 0 Å². The Morgan fingerprint density at radius 1 is 1.29 bits per heavy atom. The second-order valence-electron chi connectivity index (χ2n) is 5.09. The van der Waals surface area contributed by atoms with Crippen molar-refractivity contribution in [2.24, 2.45) is 0 Å². The van der Waals surface area contributed by atoms with Gasteiger partial charge in [-0.05, 0) is 0 Å². The summed E-state index contributed by atoms with van der Waals surface area (Å²) in [7, 11) is -4.78. The average Bonchev–Trinajstić information content (AvgIpc) is 3.00. The number of fused-ring (bicyclic) bond motifs is 1. The van der Waals surface area contributed by atoms with Crippen LogP contribution in [0.1, 0.15) is 6.23 Å². The summed E-state index contributed by atoms with van der Waals surface area (Å²) in [5, 5.41) is 20.0. The van der Waals surface area contributed by atoms with E-state index in [0.29, 0.717) is 0 Å². The van der Waals surface area contributed by atoms with E-state index in [4.69, 9.17) is 14.5 Å². The molecule has 0 amide bonds. The summed E-state index contributed by atoms with van der Waals surface area (Å²) in [5.41, 5.74) is -1.71. The van der Waals surface area contributed by atoms with Crippen molar-refractivity contribution in [1.82, 2.24) is 19.5 Å². The zero-order chi connectivity index (χ0) is 17.6. The van der Waals surface area contributed by atoms with E-state index in [1.807, 2.05) is 4.98 Å². The minimum absolute atomic E-state index is 0.0449.